The molecule has 1 aromatic carbocycles. The van der Waals surface area contributed by atoms with E-state index in [1.165, 1.54) is 0 Å². The number of aryl methyl sites for hydroxylation is 1. The van der Waals surface area contributed by atoms with Gasteiger partial charge in [0.15, 0.2) is 11.5 Å². The average Bonchev–Trinajstić information content (AvgIpc) is 3.44. The number of benzene rings is 1. The molecule has 138 valence electrons. The van der Waals surface area contributed by atoms with E-state index in [4.69, 9.17) is 9.47 Å². The third-order valence-electron chi connectivity index (χ3n) is 4.15. The monoisotopic (exact) mass is 356 g/mol. The second-order valence-corrected chi connectivity index (χ2v) is 6.30. The van der Waals surface area contributed by atoms with Crippen molar-refractivity contribution in [2.75, 3.05) is 26.1 Å². The van der Waals surface area contributed by atoms with E-state index in [0.717, 1.165) is 18.4 Å². The molecule has 0 aliphatic heterocycles. The van der Waals surface area contributed by atoms with Gasteiger partial charge in [-0.25, -0.2) is 9.97 Å². The summed E-state index contributed by atoms with van der Waals surface area (Å²) in [5.41, 5.74) is 1.44. The molecule has 1 aromatic heterocycles. The third kappa shape index (κ3) is 4.62. The number of amides is 1. The molecule has 1 saturated carbocycles. The number of hydrogen-bond acceptors (Lipinski definition) is 6. The molecule has 7 heteroatoms. The SMILES string of the molecule is COc1ccc(CCNC(=O)c2cc(NC3CC3)nc(C)n2)cc1OC. The number of aromatic nitrogens is 2. The normalized spacial score (nSPS) is 13.2. The first-order valence-electron chi connectivity index (χ1n) is 8.70. The van der Waals surface area contributed by atoms with Gasteiger partial charge in [0.05, 0.1) is 14.2 Å². The Morgan fingerprint density at radius 3 is 2.62 bits per heavy atom. The minimum atomic E-state index is -0.199. The molecular formula is C19H24N4O3. The first kappa shape index (κ1) is 18.0. The maximum atomic E-state index is 12.4. The summed E-state index contributed by atoms with van der Waals surface area (Å²) in [7, 11) is 3.21. The van der Waals surface area contributed by atoms with Crippen molar-refractivity contribution < 1.29 is 14.3 Å². The molecule has 1 aliphatic rings. The van der Waals surface area contributed by atoms with E-state index in [9.17, 15) is 4.79 Å². The number of anilines is 1. The van der Waals surface area contributed by atoms with Crippen molar-refractivity contribution in [1.29, 1.82) is 0 Å². The fraction of sp³-hybridized carbons (Fsp3) is 0.421. The van der Waals surface area contributed by atoms with Crippen LogP contribution in [0.1, 0.15) is 34.7 Å². The number of rotatable bonds is 8. The van der Waals surface area contributed by atoms with Crippen LogP contribution in [-0.2, 0) is 6.42 Å². The Kier molecular flexibility index (Phi) is 5.55. The molecule has 2 aromatic rings. The molecule has 1 amide bonds. The van der Waals surface area contributed by atoms with Crippen LogP contribution in [-0.4, -0.2) is 42.7 Å². The second-order valence-electron chi connectivity index (χ2n) is 6.30. The second kappa shape index (κ2) is 8.03. The summed E-state index contributed by atoms with van der Waals surface area (Å²) < 4.78 is 10.5. The minimum absolute atomic E-state index is 0.199. The highest BCUT2D eigenvalue weighted by Gasteiger charge is 2.22. The molecule has 0 spiro atoms. The van der Waals surface area contributed by atoms with Gasteiger partial charge in [-0.1, -0.05) is 6.07 Å². The lowest BCUT2D eigenvalue weighted by molar-refractivity contribution is 0.0949. The van der Waals surface area contributed by atoms with Crippen LogP contribution in [0.4, 0.5) is 5.82 Å². The van der Waals surface area contributed by atoms with Crippen molar-refractivity contribution in [3.8, 4) is 11.5 Å². The van der Waals surface area contributed by atoms with Crippen LogP contribution in [0.2, 0.25) is 0 Å². The summed E-state index contributed by atoms with van der Waals surface area (Å²) in [6.07, 6.45) is 2.98. The number of hydrogen-bond donors (Lipinski definition) is 2. The van der Waals surface area contributed by atoms with E-state index >= 15 is 0 Å². The van der Waals surface area contributed by atoms with Gasteiger partial charge >= 0.3 is 0 Å². The zero-order valence-electron chi connectivity index (χ0n) is 15.3. The molecule has 1 aliphatic carbocycles. The Balaban J connectivity index is 1.58. The third-order valence-corrected chi connectivity index (χ3v) is 4.15. The van der Waals surface area contributed by atoms with E-state index in [0.29, 0.717) is 47.8 Å². The quantitative estimate of drug-likeness (QED) is 0.755. The van der Waals surface area contributed by atoms with E-state index in [-0.39, 0.29) is 5.91 Å². The molecule has 1 heterocycles. The van der Waals surface area contributed by atoms with E-state index in [1.807, 2.05) is 18.2 Å². The molecule has 26 heavy (non-hydrogen) atoms. The fourth-order valence-electron chi connectivity index (χ4n) is 2.64. The van der Waals surface area contributed by atoms with Gasteiger partial charge in [0.1, 0.15) is 17.3 Å². The molecule has 0 saturated heterocycles. The molecule has 0 bridgehead atoms. The van der Waals surface area contributed by atoms with Crippen LogP contribution in [0.5, 0.6) is 11.5 Å². The maximum Gasteiger partial charge on any atom is 0.270 e. The van der Waals surface area contributed by atoms with Crippen molar-refractivity contribution in [3.05, 3.63) is 41.3 Å². The summed E-state index contributed by atoms with van der Waals surface area (Å²) in [5.74, 6) is 2.46. The average molecular weight is 356 g/mol. The van der Waals surface area contributed by atoms with Gasteiger partial charge in [-0.05, 0) is 43.9 Å². The van der Waals surface area contributed by atoms with E-state index in [2.05, 4.69) is 20.6 Å². The van der Waals surface area contributed by atoms with Crippen LogP contribution in [0.25, 0.3) is 0 Å². The molecule has 2 N–H and O–H groups in total. The van der Waals surface area contributed by atoms with Crippen molar-refractivity contribution in [1.82, 2.24) is 15.3 Å². The van der Waals surface area contributed by atoms with Crippen LogP contribution in [0, 0.1) is 6.92 Å². The molecule has 0 unspecified atom stereocenters. The number of ether oxygens (including phenoxy) is 2. The number of carbonyl (C=O) groups is 1. The van der Waals surface area contributed by atoms with E-state index < -0.39 is 0 Å². The van der Waals surface area contributed by atoms with Gasteiger partial charge in [0, 0.05) is 18.7 Å². The summed E-state index contributed by atoms with van der Waals surface area (Å²) in [4.78, 5) is 21.0. The highest BCUT2D eigenvalue weighted by atomic mass is 16.5. The van der Waals surface area contributed by atoms with Crippen molar-refractivity contribution in [2.45, 2.75) is 32.2 Å². The summed E-state index contributed by atoms with van der Waals surface area (Å²) >= 11 is 0. The van der Waals surface area contributed by atoms with Crippen LogP contribution in [0.3, 0.4) is 0 Å². The van der Waals surface area contributed by atoms with Crippen molar-refractivity contribution in [2.24, 2.45) is 0 Å². The number of carbonyl (C=O) groups excluding carboxylic acids is 1. The van der Waals surface area contributed by atoms with Gasteiger partial charge in [-0.3, -0.25) is 4.79 Å². The van der Waals surface area contributed by atoms with Crippen LogP contribution in [0.15, 0.2) is 24.3 Å². The number of nitrogens with zero attached hydrogens (tertiary/aromatic N) is 2. The first-order chi connectivity index (χ1) is 12.6. The van der Waals surface area contributed by atoms with Gasteiger partial charge in [0.25, 0.3) is 5.91 Å². The largest absolute Gasteiger partial charge is 0.493 e. The summed E-state index contributed by atoms with van der Waals surface area (Å²) in [5, 5.41) is 6.21. The lowest BCUT2D eigenvalue weighted by Crippen LogP contribution is -2.27. The number of methoxy groups -OCH3 is 2. The fourth-order valence-corrected chi connectivity index (χ4v) is 2.64. The zero-order valence-corrected chi connectivity index (χ0v) is 15.3. The predicted molar refractivity (Wildman–Crippen MR) is 99.0 cm³/mol. The Labute approximate surface area is 153 Å². The van der Waals surface area contributed by atoms with Crippen molar-refractivity contribution in [3.63, 3.8) is 0 Å². The topological polar surface area (TPSA) is 85.4 Å². The Morgan fingerprint density at radius 2 is 1.92 bits per heavy atom. The van der Waals surface area contributed by atoms with Crippen LogP contribution < -0.4 is 20.1 Å². The molecule has 1 fully saturated rings. The molecule has 7 nitrogen and oxygen atoms in total. The lowest BCUT2D eigenvalue weighted by atomic mass is 10.1. The van der Waals surface area contributed by atoms with Gasteiger partial charge < -0.3 is 20.1 Å². The highest BCUT2D eigenvalue weighted by Crippen LogP contribution is 2.27. The van der Waals surface area contributed by atoms with Crippen LogP contribution >= 0.6 is 0 Å². The first-order valence-corrected chi connectivity index (χ1v) is 8.70. The molecular weight excluding hydrogens is 332 g/mol. The zero-order chi connectivity index (χ0) is 18.5. The predicted octanol–water partition coefficient (Wildman–Crippen LogP) is 2.35. The maximum absolute atomic E-state index is 12.4. The molecule has 0 atom stereocenters. The summed E-state index contributed by atoms with van der Waals surface area (Å²) in [6.45, 7) is 2.29. The van der Waals surface area contributed by atoms with Gasteiger partial charge in [-0.15, -0.1) is 0 Å². The molecule has 3 rings (SSSR count). The minimum Gasteiger partial charge on any atom is -0.493 e. The Hall–Kier alpha value is -2.83. The van der Waals surface area contributed by atoms with Crippen molar-refractivity contribution >= 4 is 11.7 Å². The Morgan fingerprint density at radius 1 is 1.15 bits per heavy atom. The summed E-state index contributed by atoms with van der Waals surface area (Å²) in [6, 6.07) is 7.92. The Bertz CT molecular complexity index is 790. The van der Waals surface area contributed by atoms with Gasteiger partial charge in [-0.2, -0.15) is 0 Å². The van der Waals surface area contributed by atoms with E-state index in [1.54, 1.807) is 27.2 Å². The standard InChI is InChI=1S/C19H24N4O3/c1-12-21-15(11-18(22-12)23-14-5-6-14)19(24)20-9-8-13-4-7-16(25-2)17(10-13)26-3/h4,7,10-11,14H,5-6,8-9H2,1-3H3,(H,20,24)(H,21,22,23). The lowest BCUT2D eigenvalue weighted by Gasteiger charge is -2.10. The molecule has 0 radical (unpaired) electrons. The number of nitrogens with one attached hydrogen (secondary N) is 2. The smallest absolute Gasteiger partial charge is 0.270 e. The van der Waals surface area contributed by atoms with Gasteiger partial charge in [0.2, 0.25) is 0 Å². The highest BCUT2D eigenvalue weighted by molar-refractivity contribution is 5.92.